The molecule has 3 nitrogen and oxygen atoms in total. The van der Waals surface area contributed by atoms with Crippen molar-refractivity contribution in [2.45, 2.75) is 59.3 Å². The number of unbranched alkanes of at least 4 members (excludes halogenated alkanes) is 3. The molecule has 1 radical (unpaired) electrons. The Labute approximate surface area is 118 Å². The standard InChI is InChI=1S/C12H27O3P.Co/c1-4-7-10-13-16(14-11-8-5-2)15-12-9-6-3;/h4-12H2,1-3H3;. The molecular weight excluding hydrogens is 282 g/mol. The van der Waals surface area contributed by atoms with Gasteiger partial charge in [-0.25, -0.2) is 0 Å². The molecule has 0 aliphatic rings. The average molecular weight is 309 g/mol. The fraction of sp³-hybridized carbons (Fsp3) is 1.00. The van der Waals surface area contributed by atoms with E-state index in [1.54, 1.807) is 0 Å². The van der Waals surface area contributed by atoms with Crippen molar-refractivity contribution in [3.8, 4) is 0 Å². The van der Waals surface area contributed by atoms with Gasteiger partial charge in [0.05, 0.1) is 19.8 Å². The van der Waals surface area contributed by atoms with Gasteiger partial charge < -0.3 is 13.6 Å². The van der Waals surface area contributed by atoms with Crippen molar-refractivity contribution in [3.05, 3.63) is 0 Å². The summed E-state index contributed by atoms with van der Waals surface area (Å²) in [6.07, 6.45) is 6.67. The van der Waals surface area contributed by atoms with Crippen molar-refractivity contribution >= 4 is 8.60 Å². The predicted octanol–water partition coefficient (Wildman–Crippen LogP) is 4.66. The van der Waals surface area contributed by atoms with Crippen LogP contribution in [0.15, 0.2) is 0 Å². The summed E-state index contributed by atoms with van der Waals surface area (Å²) in [7, 11) is -1.10. The quantitative estimate of drug-likeness (QED) is 0.387. The molecule has 0 bridgehead atoms. The first-order valence-electron chi connectivity index (χ1n) is 6.54. The van der Waals surface area contributed by atoms with E-state index in [4.69, 9.17) is 13.6 Å². The summed E-state index contributed by atoms with van der Waals surface area (Å²) in [5, 5.41) is 0. The summed E-state index contributed by atoms with van der Waals surface area (Å²) in [5.41, 5.74) is 0. The summed E-state index contributed by atoms with van der Waals surface area (Å²) in [6.45, 7) is 8.71. The minimum Gasteiger partial charge on any atom is -0.312 e. The summed E-state index contributed by atoms with van der Waals surface area (Å²) in [6, 6.07) is 0. The molecule has 0 spiro atoms. The van der Waals surface area contributed by atoms with E-state index in [9.17, 15) is 0 Å². The van der Waals surface area contributed by atoms with Crippen LogP contribution in [-0.2, 0) is 30.4 Å². The van der Waals surface area contributed by atoms with Crippen LogP contribution < -0.4 is 0 Å². The van der Waals surface area contributed by atoms with E-state index in [1.165, 1.54) is 0 Å². The Morgan fingerprint density at radius 2 is 0.941 bits per heavy atom. The number of hydrogen-bond acceptors (Lipinski definition) is 3. The SMILES string of the molecule is CCCCOP(OCCCC)OCCCC.[Co]. The summed E-state index contributed by atoms with van der Waals surface area (Å²) >= 11 is 0. The van der Waals surface area contributed by atoms with Gasteiger partial charge in [-0.2, -0.15) is 0 Å². The minimum atomic E-state index is -1.10. The van der Waals surface area contributed by atoms with Gasteiger partial charge in [-0.05, 0) is 19.3 Å². The molecule has 0 N–H and O–H groups in total. The minimum absolute atomic E-state index is 0. The van der Waals surface area contributed by atoms with Crippen molar-refractivity contribution in [2.24, 2.45) is 0 Å². The van der Waals surface area contributed by atoms with Crippen molar-refractivity contribution < 1.29 is 30.4 Å². The monoisotopic (exact) mass is 309 g/mol. The molecule has 5 heteroatoms. The number of rotatable bonds is 12. The van der Waals surface area contributed by atoms with Crippen LogP contribution in [0, 0.1) is 0 Å². The molecule has 0 aromatic rings. The molecule has 0 unspecified atom stereocenters. The molecule has 0 saturated heterocycles. The zero-order chi connectivity index (χ0) is 12.1. The van der Waals surface area contributed by atoms with Crippen molar-refractivity contribution in [2.75, 3.05) is 19.8 Å². The molecule has 0 heterocycles. The van der Waals surface area contributed by atoms with E-state index in [1.807, 2.05) is 0 Å². The fourth-order valence-corrected chi connectivity index (χ4v) is 2.02. The number of hydrogen-bond donors (Lipinski definition) is 0. The third-order valence-corrected chi connectivity index (χ3v) is 3.26. The van der Waals surface area contributed by atoms with E-state index in [-0.39, 0.29) is 16.8 Å². The fourth-order valence-electron chi connectivity index (χ4n) is 0.962. The van der Waals surface area contributed by atoms with Gasteiger partial charge in [-0.1, -0.05) is 40.0 Å². The maximum Gasteiger partial charge on any atom is 0.332 e. The Morgan fingerprint density at radius 1 is 0.647 bits per heavy atom. The topological polar surface area (TPSA) is 27.7 Å². The van der Waals surface area contributed by atoms with Gasteiger partial charge >= 0.3 is 8.60 Å². The Balaban J connectivity index is 0. The van der Waals surface area contributed by atoms with E-state index in [0.717, 1.165) is 58.3 Å². The summed E-state index contributed by atoms with van der Waals surface area (Å²) < 4.78 is 16.8. The van der Waals surface area contributed by atoms with Crippen molar-refractivity contribution in [1.82, 2.24) is 0 Å². The maximum atomic E-state index is 5.60. The molecule has 0 aliphatic carbocycles. The van der Waals surface area contributed by atoms with Crippen LogP contribution >= 0.6 is 8.60 Å². The second kappa shape index (κ2) is 16.8. The molecule has 0 aromatic heterocycles. The van der Waals surface area contributed by atoms with Crippen LogP contribution in [0.4, 0.5) is 0 Å². The average Bonchev–Trinajstić information content (AvgIpc) is 2.29. The van der Waals surface area contributed by atoms with E-state index in [2.05, 4.69) is 20.8 Å². The first kappa shape index (κ1) is 20.1. The van der Waals surface area contributed by atoms with Crippen LogP contribution in [0.1, 0.15) is 59.3 Å². The van der Waals surface area contributed by atoms with Crippen LogP contribution in [0.3, 0.4) is 0 Å². The molecule has 0 fully saturated rings. The van der Waals surface area contributed by atoms with Crippen LogP contribution in [0.5, 0.6) is 0 Å². The van der Waals surface area contributed by atoms with Crippen LogP contribution in [0.2, 0.25) is 0 Å². The van der Waals surface area contributed by atoms with E-state index >= 15 is 0 Å². The zero-order valence-electron chi connectivity index (χ0n) is 11.4. The Hall–Kier alpha value is 0.816. The van der Waals surface area contributed by atoms with Gasteiger partial charge in [-0.3, -0.25) is 0 Å². The molecule has 0 aliphatic heterocycles. The third kappa shape index (κ3) is 14.8. The first-order chi connectivity index (χ1) is 7.85. The van der Waals surface area contributed by atoms with Crippen molar-refractivity contribution in [1.29, 1.82) is 0 Å². The summed E-state index contributed by atoms with van der Waals surface area (Å²) in [4.78, 5) is 0. The van der Waals surface area contributed by atoms with Gasteiger partial charge in [0.15, 0.2) is 0 Å². The third-order valence-electron chi connectivity index (χ3n) is 2.08. The molecule has 0 atom stereocenters. The van der Waals surface area contributed by atoms with Gasteiger partial charge in [-0.15, -0.1) is 0 Å². The molecule has 0 saturated carbocycles. The maximum absolute atomic E-state index is 5.60. The Bertz CT molecular complexity index is 115. The smallest absolute Gasteiger partial charge is 0.312 e. The zero-order valence-corrected chi connectivity index (χ0v) is 13.3. The van der Waals surface area contributed by atoms with Gasteiger partial charge in [0.1, 0.15) is 0 Å². The van der Waals surface area contributed by atoms with Crippen LogP contribution in [-0.4, -0.2) is 19.8 Å². The molecular formula is C12H27CoO3P. The van der Waals surface area contributed by atoms with Gasteiger partial charge in [0.2, 0.25) is 0 Å². The largest absolute Gasteiger partial charge is 0.332 e. The predicted molar refractivity (Wildman–Crippen MR) is 69.5 cm³/mol. The molecule has 0 aromatic carbocycles. The van der Waals surface area contributed by atoms with Crippen molar-refractivity contribution in [3.63, 3.8) is 0 Å². The van der Waals surface area contributed by atoms with Gasteiger partial charge in [0.25, 0.3) is 0 Å². The van der Waals surface area contributed by atoms with E-state index in [0.29, 0.717) is 0 Å². The Kier molecular flexibility index (Phi) is 19.9. The molecule has 17 heavy (non-hydrogen) atoms. The second-order valence-corrected chi connectivity index (χ2v) is 5.01. The molecule has 0 rings (SSSR count). The molecule has 0 amide bonds. The van der Waals surface area contributed by atoms with E-state index < -0.39 is 8.60 Å². The second-order valence-electron chi connectivity index (χ2n) is 3.78. The van der Waals surface area contributed by atoms with Gasteiger partial charge in [0, 0.05) is 16.8 Å². The first-order valence-corrected chi connectivity index (χ1v) is 7.63. The molecule has 107 valence electrons. The van der Waals surface area contributed by atoms with Crippen LogP contribution in [0.25, 0.3) is 0 Å². The Morgan fingerprint density at radius 3 is 1.18 bits per heavy atom. The summed E-state index contributed by atoms with van der Waals surface area (Å²) in [5.74, 6) is 0. The normalized spacial score (nSPS) is 10.6.